The first kappa shape index (κ1) is 16.5. The number of urea groups is 1. The lowest BCUT2D eigenvalue weighted by molar-refractivity contribution is -0.112. The molecule has 0 aliphatic carbocycles. The van der Waals surface area contributed by atoms with Crippen LogP contribution in [0.2, 0.25) is 0 Å². The zero-order valence-electron chi connectivity index (χ0n) is 12.8. The molecule has 0 bridgehead atoms. The normalized spacial score (nSPS) is 31.5. The van der Waals surface area contributed by atoms with Gasteiger partial charge in [0.2, 0.25) is 5.12 Å². The van der Waals surface area contributed by atoms with Crippen molar-refractivity contribution in [2.45, 2.75) is 56.3 Å². The first-order chi connectivity index (χ1) is 9.77. The smallest absolute Gasteiger partial charge is 0.320 e. The summed E-state index contributed by atoms with van der Waals surface area (Å²) in [6.45, 7) is 8.07. The standard InChI is InChI=1S/C14H21N3O2S2/c1-8(2)11-17(10(7-15)14(3,4)21-11)13(19)16-9-5-6-20-12(9)18/h8-11H,5-6H2,1-4H3,(H,16,19). The highest BCUT2D eigenvalue weighted by Gasteiger charge is 2.51. The van der Waals surface area contributed by atoms with Crippen LogP contribution in [0.25, 0.3) is 0 Å². The number of rotatable bonds is 2. The minimum atomic E-state index is -0.487. The Bertz CT molecular complexity index is 487. The number of amides is 2. The molecule has 5 nitrogen and oxygen atoms in total. The average molecular weight is 327 g/mol. The molecule has 0 radical (unpaired) electrons. The van der Waals surface area contributed by atoms with Crippen molar-refractivity contribution in [3.63, 3.8) is 0 Å². The van der Waals surface area contributed by atoms with Crippen LogP contribution in [-0.4, -0.2) is 44.0 Å². The van der Waals surface area contributed by atoms with Gasteiger partial charge in [0.1, 0.15) is 12.1 Å². The van der Waals surface area contributed by atoms with Crippen molar-refractivity contribution >= 4 is 34.7 Å². The summed E-state index contributed by atoms with van der Waals surface area (Å²) in [4.78, 5) is 25.9. The van der Waals surface area contributed by atoms with Gasteiger partial charge in [-0.1, -0.05) is 25.6 Å². The highest BCUT2D eigenvalue weighted by atomic mass is 32.2. The number of thioether (sulfide) groups is 2. The summed E-state index contributed by atoms with van der Waals surface area (Å²) in [5.74, 6) is 0.992. The molecule has 2 aliphatic rings. The maximum absolute atomic E-state index is 12.6. The summed E-state index contributed by atoms with van der Waals surface area (Å²) in [5.41, 5.74) is 0. The molecule has 21 heavy (non-hydrogen) atoms. The molecule has 2 fully saturated rings. The summed E-state index contributed by atoms with van der Waals surface area (Å²) >= 11 is 2.92. The highest BCUT2D eigenvalue weighted by Crippen LogP contribution is 2.46. The second-order valence-electron chi connectivity index (χ2n) is 6.25. The van der Waals surface area contributed by atoms with Gasteiger partial charge in [-0.3, -0.25) is 9.69 Å². The van der Waals surface area contributed by atoms with Crippen LogP contribution >= 0.6 is 23.5 Å². The lowest BCUT2D eigenvalue weighted by Crippen LogP contribution is -2.53. The Balaban J connectivity index is 2.19. The molecule has 2 heterocycles. The van der Waals surface area contributed by atoms with Gasteiger partial charge in [-0.25, -0.2) is 4.79 Å². The van der Waals surface area contributed by atoms with Crippen molar-refractivity contribution in [3.8, 4) is 6.07 Å². The van der Waals surface area contributed by atoms with E-state index in [0.29, 0.717) is 6.42 Å². The van der Waals surface area contributed by atoms with E-state index in [1.807, 2.05) is 27.7 Å². The molecule has 0 aromatic carbocycles. The Kier molecular flexibility index (Phi) is 4.79. The molecule has 3 atom stereocenters. The summed E-state index contributed by atoms with van der Waals surface area (Å²) < 4.78 is -0.310. The topological polar surface area (TPSA) is 73.2 Å². The number of nitrogens with one attached hydrogen (secondary N) is 1. The van der Waals surface area contributed by atoms with Gasteiger partial charge >= 0.3 is 6.03 Å². The molecule has 2 aliphatic heterocycles. The number of hydrogen-bond acceptors (Lipinski definition) is 5. The van der Waals surface area contributed by atoms with Crippen molar-refractivity contribution in [1.82, 2.24) is 10.2 Å². The van der Waals surface area contributed by atoms with Crippen molar-refractivity contribution < 1.29 is 9.59 Å². The number of carbonyl (C=O) groups excluding carboxylic acids is 2. The second kappa shape index (κ2) is 6.09. The second-order valence-corrected chi connectivity index (χ2v) is 9.12. The van der Waals surface area contributed by atoms with E-state index in [4.69, 9.17) is 0 Å². The molecule has 0 spiro atoms. The van der Waals surface area contributed by atoms with Gasteiger partial charge in [0, 0.05) is 10.5 Å². The predicted molar refractivity (Wildman–Crippen MR) is 85.9 cm³/mol. The van der Waals surface area contributed by atoms with Gasteiger partial charge in [0.15, 0.2) is 0 Å². The fraction of sp³-hybridized carbons (Fsp3) is 0.786. The maximum atomic E-state index is 12.6. The van der Waals surface area contributed by atoms with Crippen LogP contribution in [0.15, 0.2) is 0 Å². The van der Waals surface area contributed by atoms with Gasteiger partial charge in [-0.2, -0.15) is 5.26 Å². The van der Waals surface area contributed by atoms with Gasteiger partial charge in [0.05, 0.1) is 11.4 Å². The number of nitrogens with zero attached hydrogens (tertiary/aromatic N) is 2. The van der Waals surface area contributed by atoms with Crippen molar-refractivity contribution in [2.24, 2.45) is 5.92 Å². The number of nitriles is 1. The molecule has 0 saturated carbocycles. The molecule has 0 aromatic heterocycles. The van der Waals surface area contributed by atoms with E-state index in [9.17, 15) is 14.9 Å². The molecule has 3 unspecified atom stereocenters. The van der Waals surface area contributed by atoms with Crippen LogP contribution in [0, 0.1) is 17.2 Å². The van der Waals surface area contributed by atoms with Crippen LogP contribution < -0.4 is 5.32 Å². The molecule has 2 amide bonds. The van der Waals surface area contributed by atoms with E-state index in [0.717, 1.165) is 5.75 Å². The zero-order chi connectivity index (χ0) is 15.8. The summed E-state index contributed by atoms with van der Waals surface area (Å²) in [7, 11) is 0. The third-order valence-electron chi connectivity index (χ3n) is 3.80. The average Bonchev–Trinajstić information content (AvgIpc) is 2.90. The summed E-state index contributed by atoms with van der Waals surface area (Å²) in [6, 6.07) is 1.07. The molecule has 116 valence electrons. The van der Waals surface area contributed by atoms with Gasteiger partial charge in [-0.15, -0.1) is 11.8 Å². The largest absolute Gasteiger partial charge is 0.327 e. The van der Waals surface area contributed by atoms with Crippen molar-refractivity contribution in [3.05, 3.63) is 0 Å². The molecule has 2 saturated heterocycles. The van der Waals surface area contributed by atoms with Gasteiger partial charge in [-0.05, 0) is 26.2 Å². The lowest BCUT2D eigenvalue weighted by atomic mass is 10.0. The Morgan fingerprint density at radius 1 is 1.52 bits per heavy atom. The lowest BCUT2D eigenvalue weighted by Gasteiger charge is -2.30. The van der Waals surface area contributed by atoms with E-state index in [2.05, 4.69) is 11.4 Å². The predicted octanol–water partition coefficient (Wildman–Crippen LogP) is 2.43. The monoisotopic (exact) mass is 327 g/mol. The third-order valence-corrected chi connectivity index (χ3v) is 6.65. The van der Waals surface area contributed by atoms with Gasteiger partial charge < -0.3 is 5.32 Å². The molecule has 0 aromatic rings. The minimum absolute atomic E-state index is 0.0177. The fourth-order valence-electron chi connectivity index (χ4n) is 2.67. The van der Waals surface area contributed by atoms with E-state index in [-0.39, 0.29) is 27.2 Å². The maximum Gasteiger partial charge on any atom is 0.320 e. The summed E-state index contributed by atoms with van der Waals surface area (Å²) in [5, 5.41) is 12.3. The first-order valence-electron chi connectivity index (χ1n) is 7.11. The van der Waals surface area contributed by atoms with Gasteiger partial charge in [0.25, 0.3) is 0 Å². The van der Waals surface area contributed by atoms with E-state index in [1.54, 1.807) is 16.7 Å². The SMILES string of the molecule is CC(C)C1SC(C)(C)C(C#N)N1C(=O)NC1CCSC1=O. The summed E-state index contributed by atoms with van der Waals surface area (Å²) in [6.07, 6.45) is 0.670. The molecule has 7 heteroatoms. The molecular formula is C14H21N3O2S2. The third kappa shape index (κ3) is 3.16. The van der Waals surface area contributed by atoms with E-state index in [1.165, 1.54) is 11.8 Å². The Labute approximate surface area is 134 Å². The van der Waals surface area contributed by atoms with Crippen LogP contribution in [0.4, 0.5) is 4.79 Å². The Morgan fingerprint density at radius 2 is 2.19 bits per heavy atom. The molecular weight excluding hydrogens is 306 g/mol. The van der Waals surface area contributed by atoms with Crippen molar-refractivity contribution in [1.29, 1.82) is 5.26 Å². The Morgan fingerprint density at radius 3 is 2.67 bits per heavy atom. The van der Waals surface area contributed by atoms with Crippen molar-refractivity contribution in [2.75, 3.05) is 5.75 Å². The Hall–Kier alpha value is -0.870. The quantitative estimate of drug-likeness (QED) is 0.843. The molecule has 1 N–H and O–H groups in total. The zero-order valence-corrected chi connectivity index (χ0v) is 14.4. The van der Waals surface area contributed by atoms with Crippen LogP contribution in [0.1, 0.15) is 34.1 Å². The number of carbonyl (C=O) groups is 2. The molecule has 2 rings (SSSR count). The minimum Gasteiger partial charge on any atom is -0.327 e. The fourth-order valence-corrected chi connectivity index (χ4v) is 5.13. The van der Waals surface area contributed by atoms with Crippen LogP contribution in [-0.2, 0) is 4.79 Å². The van der Waals surface area contributed by atoms with E-state index < -0.39 is 12.1 Å². The van der Waals surface area contributed by atoms with Crippen LogP contribution in [0.3, 0.4) is 0 Å². The first-order valence-corrected chi connectivity index (χ1v) is 8.97. The highest BCUT2D eigenvalue weighted by molar-refractivity contribution is 8.14. The van der Waals surface area contributed by atoms with Crippen LogP contribution in [0.5, 0.6) is 0 Å². The number of hydrogen-bond donors (Lipinski definition) is 1. The van der Waals surface area contributed by atoms with E-state index >= 15 is 0 Å².